The molecule has 0 spiro atoms. The SMILES string of the molecule is COc1ccc(-c2nnc(NC3CCCC[C@H]3O)n3nc(C)cc23)c(CC(F)(F)F)c1. The van der Waals surface area contributed by atoms with Gasteiger partial charge in [-0.15, -0.1) is 10.2 Å². The lowest BCUT2D eigenvalue weighted by Gasteiger charge is -2.28. The lowest BCUT2D eigenvalue weighted by atomic mass is 9.93. The normalized spacial score (nSPS) is 19.5. The number of aromatic nitrogens is 4. The number of ether oxygens (including phenoxy) is 1. The van der Waals surface area contributed by atoms with Crippen LogP contribution in [0.5, 0.6) is 5.75 Å². The average Bonchev–Trinajstić information content (AvgIpc) is 3.11. The van der Waals surface area contributed by atoms with Crippen molar-refractivity contribution in [3.05, 3.63) is 35.5 Å². The van der Waals surface area contributed by atoms with Crippen molar-refractivity contribution in [1.82, 2.24) is 19.8 Å². The van der Waals surface area contributed by atoms with Gasteiger partial charge < -0.3 is 15.2 Å². The summed E-state index contributed by atoms with van der Waals surface area (Å²) in [5.41, 5.74) is 1.88. The molecule has 10 heteroatoms. The Bertz CT molecular complexity index is 1080. The van der Waals surface area contributed by atoms with Gasteiger partial charge >= 0.3 is 6.18 Å². The molecule has 1 aromatic carbocycles. The molecule has 1 aliphatic carbocycles. The van der Waals surface area contributed by atoms with E-state index >= 15 is 0 Å². The van der Waals surface area contributed by atoms with E-state index in [4.69, 9.17) is 4.74 Å². The van der Waals surface area contributed by atoms with Gasteiger partial charge in [0.1, 0.15) is 11.4 Å². The van der Waals surface area contributed by atoms with Gasteiger partial charge in [0.15, 0.2) is 0 Å². The lowest BCUT2D eigenvalue weighted by Crippen LogP contribution is -2.37. The second-order valence-electron chi connectivity index (χ2n) is 7.87. The second kappa shape index (κ2) is 8.33. The van der Waals surface area contributed by atoms with E-state index in [9.17, 15) is 18.3 Å². The van der Waals surface area contributed by atoms with Crippen LogP contribution in [0.4, 0.5) is 19.1 Å². The molecule has 2 heterocycles. The van der Waals surface area contributed by atoms with Crippen LogP contribution in [0.1, 0.15) is 36.9 Å². The number of alkyl halides is 3. The molecule has 3 aromatic rings. The third-order valence-electron chi connectivity index (χ3n) is 5.52. The predicted octanol–water partition coefficient (Wildman–Crippen LogP) is 3.93. The number of halogens is 3. The number of benzene rings is 1. The number of rotatable bonds is 5. The average molecular weight is 435 g/mol. The molecule has 2 aromatic heterocycles. The van der Waals surface area contributed by atoms with Crippen LogP contribution < -0.4 is 10.1 Å². The summed E-state index contributed by atoms with van der Waals surface area (Å²) in [5, 5.41) is 26.4. The summed E-state index contributed by atoms with van der Waals surface area (Å²) >= 11 is 0. The molecule has 31 heavy (non-hydrogen) atoms. The number of aliphatic hydroxyl groups excluding tert-OH is 1. The van der Waals surface area contributed by atoms with Gasteiger partial charge in [-0.05, 0) is 49.6 Å². The third-order valence-corrected chi connectivity index (χ3v) is 5.52. The summed E-state index contributed by atoms with van der Waals surface area (Å²) < 4.78 is 46.3. The third kappa shape index (κ3) is 4.58. The Morgan fingerprint density at radius 1 is 1.19 bits per heavy atom. The lowest BCUT2D eigenvalue weighted by molar-refractivity contribution is -0.127. The molecular weight excluding hydrogens is 411 g/mol. The van der Waals surface area contributed by atoms with Gasteiger partial charge in [0.2, 0.25) is 5.95 Å². The molecule has 0 radical (unpaired) electrons. The summed E-state index contributed by atoms with van der Waals surface area (Å²) in [6.45, 7) is 1.79. The quantitative estimate of drug-likeness (QED) is 0.632. The van der Waals surface area contributed by atoms with Gasteiger partial charge in [0, 0.05) is 5.56 Å². The Labute approximate surface area is 177 Å². The monoisotopic (exact) mass is 435 g/mol. The number of hydrogen-bond donors (Lipinski definition) is 2. The second-order valence-corrected chi connectivity index (χ2v) is 7.87. The molecule has 1 fully saturated rings. The van der Waals surface area contributed by atoms with Gasteiger partial charge in [-0.25, -0.2) is 0 Å². The molecule has 2 atom stereocenters. The molecule has 4 rings (SSSR count). The van der Waals surface area contributed by atoms with E-state index in [-0.39, 0.29) is 11.6 Å². The van der Waals surface area contributed by atoms with Crippen LogP contribution in [0.3, 0.4) is 0 Å². The standard InChI is InChI=1S/C21H24F3N5O2/c1-12-9-17-19(15-8-7-14(31-2)10-13(15)11-21(22,23)24)26-27-20(29(17)28-12)25-16-5-3-4-6-18(16)30/h7-10,16,18,30H,3-6,11H2,1-2H3,(H,25,27)/t16?,18-/m1/s1. The maximum Gasteiger partial charge on any atom is 0.393 e. The van der Waals surface area contributed by atoms with E-state index in [0.717, 1.165) is 19.3 Å². The van der Waals surface area contributed by atoms with Crippen LogP contribution in [0.15, 0.2) is 24.3 Å². The largest absolute Gasteiger partial charge is 0.497 e. The minimum absolute atomic E-state index is 0.0466. The number of aryl methyl sites for hydroxylation is 1. The van der Waals surface area contributed by atoms with Crippen LogP contribution >= 0.6 is 0 Å². The molecule has 0 amide bonds. The number of aliphatic hydroxyl groups is 1. The van der Waals surface area contributed by atoms with Gasteiger partial charge in [0.25, 0.3) is 0 Å². The Hall–Kier alpha value is -2.88. The molecule has 1 aliphatic rings. The molecular formula is C21H24F3N5O2. The number of nitrogens with zero attached hydrogens (tertiary/aromatic N) is 4. The predicted molar refractivity (Wildman–Crippen MR) is 109 cm³/mol. The fourth-order valence-electron chi connectivity index (χ4n) is 4.04. The highest BCUT2D eigenvalue weighted by Gasteiger charge is 2.30. The highest BCUT2D eigenvalue weighted by molar-refractivity contribution is 5.80. The van der Waals surface area contributed by atoms with Crippen LogP contribution in [-0.4, -0.2) is 50.3 Å². The molecule has 0 aliphatic heterocycles. The Kier molecular flexibility index (Phi) is 5.74. The zero-order valence-corrected chi connectivity index (χ0v) is 17.3. The minimum atomic E-state index is -4.39. The van der Waals surface area contributed by atoms with Gasteiger partial charge in [0.05, 0.1) is 36.9 Å². The summed E-state index contributed by atoms with van der Waals surface area (Å²) in [7, 11) is 1.41. The smallest absolute Gasteiger partial charge is 0.393 e. The van der Waals surface area contributed by atoms with E-state index in [2.05, 4.69) is 20.6 Å². The van der Waals surface area contributed by atoms with Gasteiger partial charge in [-0.2, -0.15) is 22.8 Å². The van der Waals surface area contributed by atoms with Crippen molar-refractivity contribution in [2.75, 3.05) is 12.4 Å². The summed E-state index contributed by atoms with van der Waals surface area (Å²) in [4.78, 5) is 0. The highest BCUT2D eigenvalue weighted by atomic mass is 19.4. The van der Waals surface area contributed by atoms with Crippen molar-refractivity contribution in [3.63, 3.8) is 0 Å². The Balaban J connectivity index is 1.79. The fraction of sp³-hybridized carbons (Fsp3) is 0.476. The van der Waals surface area contributed by atoms with Crippen LogP contribution in [0.25, 0.3) is 16.8 Å². The molecule has 1 unspecified atom stereocenters. The Morgan fingerprint density at radius 2 is 1.97 bits per heavy atom. The van der Waals surface area contributed by atoms with Crippen molar-refractivity contribution in [2.24, 2.45) is 0 Å². The first kappa shape index (κ1) is 21.4. The molecule has 0 bridgehead atoms. The maximum absolute atomic E-state index is 13.2. The molecule has 2 N–H and O–H groups in total. The highest BCUT2D eigenvalue weighted by Crippen LogP contribution is 2.34. The molecule has 1 saturated carbocycles. The van der Waals surface area contributed by atoms with E-state index in [0.29, 0.717) is 40.6 Å². The van der Waals surface area contributed by atoms with Crippen molar-refractivity contribution < 1.29 is 23.0 Å². The van der Waals surface area contributed by atoms with E-state index in [1.54, 1.807) is 29.6 Å². The first-order valence-electron chi connectivity index (χ1n) is 10.2. The van der Waals surface area contributed by atoms with Crippen LogP contribution in [0.2, 0.25) is 0 Å². The first-order chi connectivity index (χ1) is 14.7. The Morgan fingerprint density at radius 3 is 2.68 bits per heavy atom. The molecule has 0 saturated heterocycles. The minimum Gasteiger partial charge on any atom is -0.497 e. The van der Waals surface area contributed by atoms with Crippen LogP contribution in [0, 0.1) is 6.92 Å². The van der Waals surface area contributed by atoms with Crippen molar-refractivity contribution >= 4 is 11.5 Å². The fourth-order valence-corrected chi connectivity index (χ4v) is 4.04. The van der Waals surface area contributed by atoms with Crippen molar-refractivity contribution in [1.29, 1.82) is 0 Å². The summed E-state index contributed by atoms with van der Waals surface area (Å²) in [6.07, 6.45) is -2.54. The number of methoxy groups -OCH3 is 1. The molecule has 166 valence electrons. The van der Waals surface area contributed by atoms with Crippen molar-refractivity contribution in [2.45, 2.75) is 57.3 Å². The number of hydrogen-bond acceptors (Lipinski definition) is 6. The topological polar surface area (TPSA) is 84.6 Å². The summed E-state index contributed by atoms with van der Waals surface area (Å²) in [5.74, 6) is 0.685. The van der Waals surface area contributed by atoms with E-state index < -0.39 is 18.7 Å². The molecule has 7 nitrogen and oxygen atoms in total. The summed E-state index contributed by atoms with van der Waals surface area (Å²) in [6, 6.07) is 6.11. The number of fused-ring (bicyclic) bond motifs is 1. The van der Waals surface area contributed by atoms with E-state index in [1.165, 1.54) is 13.2 Å². The zero-order chi connectivity index (χ0) is 22.2. The van der Waals surface area contributed by atoms with Gasteiger partial charge in [-0.1, -0.05) is 12.8 Å². The number of nitrogens with one attached hydrogen (secondary N) is 1. The van der Waals surface area contributed by atoms with E-state index in [1.807, 2.05) is 0 Å². The van der Waals surface area contributed by atoms with Crippen molar-refractivity contribution in [3.8, 4) is 17.0 Å². The first-order valence-corrected chi connectivity index (χ1v) is 10.2. The van der Waals surface area contributed by atoms with Crippen LogP contribution in [-0.2, 0) is 6.42 Å². The zero-order valence-electron chi connectivity index (χ0n) is 17.3. The maximum atomic E-state index is 13.2. The number of anilines is 1. The van der Waals surface area contributed by atoms with Gasteiger partial charge in [-0.3, -0.25) is 0 Å².